The maximum atomic E-state index is 14.2. The van der Waals surface area contributed by atoms with Gasteiger partial charge in [-0.25, -0.2) is 9.78 Å². The zero-order valence-electron chi connectivity index (χ0n) is 38.1. The van der Waals surface area contributed by atoms with Crippen molar-refractivity contribution in [1.82, 2.24) is 25.8 Å². The van der Waals surface area contributed by atoms with Crippen LogP contribution in [-0.4, -0.2) is 100 Å². The topological polar surface area (TPSA) is 206 Å². The number of hydrogen-bond donors (Lipinski definition) is 5. The van der Waals surface area contributed by atoms with Gasteiger partial charge in [0.2, 0.25) is 23.6 Å². The molecule has 0 saturated carbocycles. The van der Waals surface area contributed by atoms with Crippen molar-refractivity contribution in [2.45, 2.75) is 143 Å². The van der Waals surface area contributed by atoms with Crippen LogP contribution in [-0.2, 0) is 41.8 Å². The monoisotopic (exact) mass is 889 g/mol. The van der Waals surface area contributed by atoms with E-state index in [9.17, 15) is 29.1 Å². The number of thiazole rings is 1. The number of primary amides is 1. The van der Waals surface area contributed by atoms with Gasteiger partial charge in [0.1, 0.15) is 17.7 Å². The van der Waals surface area contributed by atoms with Crippen molar-refractivity contribution in [1.29, 1.82) is 0 Å². The summed E-state index contributed by atoms with van der Waals surface area (Å²) in [6.07, 6.45) is 0.562. The normalized spacial score (nSPS) is 18.6. The van der Waals surface area contributed by atoms with E-state index in [0.717, 1.165) is 58.9 Å². The van der Waals surface area contributed by atoms with Gasteiger partial charge >= 0.3 is 6.09 Å². The van der Waals surface area contributed by atoms with Crippen LogP contribution >= 0.6 is 11.3 Å². The van der Waals surface area contributed by atoms with Gasteiger partial charge in [-0.3, -0.25) is 19.2 Å². The van der Waals surface area contributed by atoms with Gasteiger partial charge in [0, 0.05) is 51.1 Å². The molecule has 2 aliphatic rings. The van der Waals surface area contributed by atoms with Crippen molar-refractivity contribution in [3.05, 3.63) is 70.9 Å². The Morgan fingerprint density at radius 3 is 2.19 bits per heavy atom. The first-order valence-electron chi connectivity index (χ1n) is 21.9. The highest BCUT2D eigenvalue weighted by molar-refractivity contribution is 7.13. The minimum Gasteiger partial charge on any atom is -0.444 e. The van der Waals surface area contributed by atoms with Crippen molar-refractivity contribution < 1.29 is 38.6 Å². The number of β-amino-alcohol motifs (C(OH)–C–C–N with tert-alkyl or cyclic N) is 1. The molecule has 5 rings (SSSR count). The maximum absolute atomic E-state index is 14.2. The molecule has 6 N–H and O–H groups in total. The summed E-state index contributed by atoms with van der Waals surface area (Å²) in [5, 5.41) is 19.4. The Kier molecular flexibility index (Phi) is 16.7. The van der Waals surface area contributed by atoms with E-state index in [1.165, 1.54) is 4.90 Å². The fraction of sp³-hybridized carbons (Fsp3) is 0.574. The summed E-state index contributed by atoms with van der Waals surface area (Å²) in [5.41, 5.74) is 10.8. The second kappa shape index (κ2) is 21.5. The third-order valence-electron chi connectivity index (χ3n) is 11.6. The zero-order valence-corrected chi connectivity index (χ0v) is 38.9. The molecule has 0 aliphatic carbocycles. The molecule has 2 saturated heterocycles. The molecule has 15 nitrogen and oxygen atoms in total. The molecule has 16 heteroatoms. The molecule has 3 heterocycles. The second-order valence-electron chi connectivity index (χ2n) is 19.0. The molecule has 0 bridgehead atoms. The van der Waals surface area contributed by atoms with Crippen molar-refractivity contribution in [3.63, 3.8) is 0 Å². The lowest BCUT2D eigenvalue weighted by molar-refractivity contribution is -0.144. The fourth-order valence-electron chi connectivity index (χ4n) is 7.99. The Hall–Kier alpha value is -5.06. The fourth-order valence-corrected chi connectivity index (χ4v) is 8.80. The third kappa shape index (κ3) is 14.5. The van der Waals surface area contributed by atoms with E-state index in [0.29, 0.717) is 13.0 Å². The molecule has 2 fully saturated rings. The first-order valence-corrected chi connectivity index (χ1v) is 22.8. The number of amides is 5. The number of alkyl carbamates (subject to hydrolysis) is 1. The zero-order chi connectivity index (χ0) is 46.1. The van der Waals surface area contributed by atoms with E-state index in [-0.39, 0.29) is 56.0 Å². The lowest BCUT2D eigenvalue weighted by Gasteiger charge is -2.36. The highest BCUT2D eigenvalue weighted by Gasteiger charge is 2.44. The number of hydrogen-bond acceptors (Lipinski definition) is 11. The highest BCUT2D eigenvalue weighted by Crippen LogP contribution is 2.30. The number of piperidine rings is 1. The van der Waals surface area contributed by atoms with Gasteiger partial charge in [-0.2, -0.15) is 0 Å². The number of benzene rings is 2. The lowest BCUT2D eigenvalue weighted by Crippen LogP contribution is -2.58. The van der Waals surface area contributed by atoms with Crippen LogP contribution in [0.1, 0.15) is 104 Å². The minimum absolute atomic E-state index is 0.0139. The average Bonchev–Trinajstić information content (AvgIpc) is 3.84. The van der Waals surface area contributed by atoms with E-state index < -0.39 is 53.3 Å². The first kappa shape index (κ1) is 49.0. The standard InChI is InChI=1S/C47H67N7O8S/c1-29-41(63-28-50-29)34-13-9-32(10-14-34)25-49-43(58)38-24-36(55)26-54(38)44(59)42(46(3,4)5)52-40(57)23-31-19-21-53(22-20-31)35-15-11-33(12-16-35)27-61-30(2)37(17-18-39(48)56)51-45(60)62-47(6,7)8/h9-16,28,30-31,36-38,42,55H,17-27H2,1-8H3,(H2,48,56)(H,49,58)(H,51,60)(H,52,57)/t30-,36-,37+,38+,42-/m1/s1. The molecular weight excluding hydrogens is 823 g/mol. The number of aromatic nitrogens is 1. The number of aliphatic hydroxyl groups is 1. The third-order valence-corrected chi connectivity index (χ3v) is 12.6. The van der Waals surface area contributed by atoms with E-state index in [2.05, 4.69) is 25.8 Å². The molecule has 0 unspecified atom stereocenters. The number of rotatable bonds is 17. The van der Waals surface area contributed by atoms with Crippen LogP contribution in [0.2, 0.25) is 0 Å². The summed E-state index contributed by atoms with van der Waals surface area (Å²) in [5.74, 6) is -1.26. The highest BCUT2D eigenvalue weighted by atomic mass is 32.1. The number of nitrogens with one attached hydrogen (secondary N) is 3. The Labute approximate surface area is 375 Å². The van der Waals surface area contributed by atoms with Crippen LogP contribution in [0.4, 0.5) is 10.5 Å². The van der Waals surface area contributed by atoms with Crippen LogP contribution in [0.3, 0.4) is 0 Å². The second-order valence-corrected chi connectivity index (χ2v) is 19.9. The van der Waals surface area contributed by atoms with Gasteiger partial charge in [0.25, 0.3) is 0 Å². The largest absolute Gasteiger partial charge is 0.444 e. The number of ether oxygens (including phenoxy) is 2. The maximum Gasteiger partial charge on any atom is 0.407 e. The lowest BCUT2D eigenvalue weighted by atomic mass is 9.85. The predicted molar refractivity (Wildman–Crippen MR) is 243 cm³/mol. The van der Waals surface area contributed by atoms with Crippen LogP contribution in [0, 0.1) is 18.3 Å². The van der Waals surface area contributed by atoms with Crippen molar-refractivity contribution >= 4 is 46.7 Å². The molecule has 344 valence electrons. The number of anilines is 1. The molecule has 63 heavy (non-hydrogen) atoms. The molecule has 0 radical (unpaired) electrons. The molecule has 3 aromatic rings. The summed E-state index contributed by atoms with van der Waals surface area (Å²) >= 11 is 1.58. The van der Waals surface area contributed by atoms with Crippen LogP contribution < -0.4 is 26.6 Å². The molecular formula is C47H67N7O8S. The number of aryl methyl sites for hydroxylation is 1. The average molecular weight is 890 g/mol. The minimum atomic E-state index is -0.888. The van der Waals surface area contributed by atoms with E-state index >= 15 is 0 Å². The van der Waals surface area contributed by atoms with Crippen LogP contribution in [0.5, 0.6) is 0 Å². The summed E-state index contributed by atoms with van der Waals surface area (Å²) in [7, 11) is 0. The number of nitrogens with zero attached hydrogens (tertiary/aromatic N) is 3. The Morgan fingerprint density at radius 2 is 1.60 bits per heavy atom. The van der Waals surface area contributed by atoms with Gasteiger partial charge in [0.15, 0.2) is 0 Å². The summed E-state index contributed by atoms with van der Waals surface area (Å²) in [4.78, 5) is 74.3. The quantitative estimate of drug-likeness (QED) is 0.114. The van der Waals surface area contributed by atoms with Gasteiger partial charge in [-0.15, -0.1) is 11.3 Å². The van der Waals surface area contributed by atoms with E-state index in [1.54, 1.807) is 32.1 Å². The van der Waals surface area contributed by atoms with E-state index in [1.807, 2.05) is 88.7 Å². The number of carbonyl (C=O) groups is 5. The summed E-state index contributed by atoms with van der Waals surface area (Å²) in [6.45, 7) is 16.9. The van der Waals surface area contributed by atoms with Gasteiger partial charge in [0.05, 0.1) is 40.9 Å². The molecule has 0 spiro atoms. The molecule has 5 amide bonds. The van der Waals surface area contributed by atoms with Crippen molar-refractivity contribution in [2.75, 3.05) is 24.5 Å². The SMILES string of the molecule is Cc1ncsc1-c1ccc(CNC(=O)[C@@H]2C[C@@H](O)CN2C(=O)[C@@H](NC(=O)CC2CCN(c3ccc(CO[C@H](C)[C@H](CCC(N)=O)NC(=O)OC(C)(C)C)cc3)CC2)C(C)(C)C)cc1. The molecule has 2 aromatic carbocycles. The molecule has 2 aliphatic heterocycles. The Morgan fingerprint density at radius 1 is 0.952 bits per heavy atom. The van der Waals surface area contributed by atoms with Crippen molar-refractivity contribution in [2.24, 2.45) is 17.1 Å². The Balaban J connectivity index is 1.09. The van der Waals surface area contributed by atoms with Gasteiger partial charge in [-0.05, 0) is 94.0 Å². The van der Waals surface area contributed by atoms with Gasteiger partial charge < -0.3 is 46.1 Å². The number of likely N-dealkylation sites (tertiary alicyclic amines) is 1. The number of carbonyl (C=O) groups excluding carboxylic acids is 5. The first-order chi connectivity index (χ1) is 29.7. The summed E-state index contributed by atoms with van der Waals surface area (Å²) < 4.78 is 11.5. The van der Waals surface area contributed by atoms with E-state index in [4.69, 9.17) is 15.2 Å². The summed E-state index contributed by atoms with van der Waals surface area (Å²) in [6, 6.07) is 13.8. The van der Waals surface area contributed by atoms with Gasteiger partial charge in [-0.1, -0.05) is 57.2 Å². The smallest absolute Gasteiger partial charge is 0.407 e. The molecule has 5 atom stereocenters. The van der Waals surface area contributed by atoms with Crippen molar-refractivity contribution in [3.8, 4) is 10.4 Å². The number of aliphatic hydroxyl groups excluding tert-OH is 1. The number of nitrogens with two attached hydrogens (primary N) is 1. The van der Waals surface area contributed by atoms with Crippen LogP contribution in [0.25, 0.3) is 10.4 Å². The Bertz CT molecular complexity index is 2020. The molecule has 1 aromatic heterocycles. The van der Waals surface area contributed by atoms with Crippen LogP contribution in [0.15, 0.2) is 54.0 Å². The predicted octanol–water partition coefficient (Wildman–Crippen LogP) is 5.60.